The van der Waals surface area contributed by atoms with Crippen LogP contribution in [0.1, 0.15) is 36.1 Å². The molecule has 2 aromatic carbocycles. The minimum Gasteiger partial charge on any atom is -0.329 e. The molecule has 1 aliphatic rings. The van der Waals surface area contributed by atoms with Gasteiger partial charge in [0.15, 0.2) is 0 Å². The molecular formula is C18H21BrN2. The topological polar surface area (TPSA) is 29.3 Å². The summed E-state index contributed by atoms with van der Waals surface area (Å²) < 4.78 is 1.12. The summed E-state index contributed by atoms with van der Waals surface area (Å²) in [6.07, 6.45) is 2.46. The monoisotopic (exact) mass is 344 g/mol. The standard InChI is InChI=1S/C18H21BrN2/c19-16-9-4-8-15(12-16)18(13-20)21-11-5-10-17(21)14-6-2-1-3-7-14/h1-4,6-9,12,17-18H,5,10-11,13,20H2. The van der Waals surface area contributed by atoms with Gasteiger partial charge < -0.3 is 5.73 Å². The molecule has 0 amide bonds. The zero-order valence-corrected chi connectivity index (χ0v) is 13.7. The molecule has 0 radical (unpaired) electrons. The number of likely N-dealkylation sites (tertiary alicyclic amines) is 1. The van der Waals surface area contributed by atoms with Gasteiger partial charge in [-0.25, -0.2) is 0 Å². The molecule has 2 N–H and O–H groups in total. The third-order valence-electron chi connectivity index (χ3n) is 4.34. The molecule has 1 aliphatic heterocycles. The summed E-state index contributed by atoms with van der Waals surface area (Å²) in [5.41, 5.74) is 8.82. The summed E-state index contributed by atoms with van der Waals surface area (Å²) in [4.78, 5) is 2.57. The Bertz CT molecular complexity index is 585. The first-order chi connectivity index (χ1) is 10.3. The minimum absolute atomic E-state index is 0.287. The van der Waals surface area contributed by atoms with Crippen LogP contribution in [0.2, 0.25) is 0 Å². The lowest BCUT2D eigenvalue weighted by Crippen LogP contribution is -2.33. The van der Waals surface area contributed by atoms with Crippen molar-refractivity contribution >= 4 is 15.9 Å². The van der Waals surface area contributed by atoms with E-state index in [1.54, 1.807) is 0 Å². The van der Waals surface area contributed by atoms with Crippen LogP contribution in [-0.2, 0) is 0 Å². The van der Waals surface area contributed by atoms with Crippen molar-refractivity contribution in [2.45, 2.75) is 24.9 Å². The summed E-state index contributed by atoms with van der Waals surface area (Å²) in [5.74, 6) is 0. The van der Waals surface area contributed by atoms with Crippen molar-refractivity contribution < 1.29 is 0 Å². The van der Waals surface area contributed by atoms with E-state index in [-0.39, 0.29) is 6.04 Å². The average Bonchev–Trinajstić information content (AvgIpc) is 2.98. The van der Waals surface area contributed by atoms with E-state index in [9.17, 15) is 0 Å². The molecule has 110 valence electrons. The number of nitrogens with zero attached hydrogens (tertiary/aromatic N) is 1. The van der Waals surface area contributed by atoms with Crippen molar-refractivity contribution in [3.63, 3.8) is 0 Å². The number of hydrogen-bond donors (Lipinski definition) is 1. The van der Waals surface area contributed by atoms with Gasteiger partial charge in [-0.15, -0.1) is 0 Å². The van der Waals surface area contributed by atoms with Crippen LogP contribution in [0, 0.1) is 0 Å². The van der Waals surface area contributed by atoms with Crippen LogP contribution in [0.25, 0.3) is 0 Å². The average molecular weight is 345 g/mol. The highest BCUT2D eigenvalue weighted by Gasteiger charge is 2.31. The normalized spacial score (nSPS) is 20.6. The second-order valence-electron chi connectivity index (χ2n) is 5.61. The van der Waals surface area contributed by atoms with E-state index in [4.69, 9.17) is 5.73 Å². The molecule has 3 rings (SSSR count). The molecule has 2 nitrogen and oxygen atoms in total. The molecule has 0 spiro atoms. The van der Waals surface area contributed by atoms with Crippen LogP contribution in [0.4, 0.5) is 0 Å². The van der Waals surface area contributed by atoms with Crippen LogP contribution < -0.4 is 5.73 Å². The van der Waals surface area contributed by atoms with E-state index in [0.717, 1.165) is 11.0 Å². The maximum atomic E-state index is 6.12. The second-order valence-corrected chi connectivity index (χ2v) is 6.53. The predicted molar refractivity (Wildman–Crippen MR) is 91.1 cm³/mol. The van der Waals surface area contributed by atoms with Gasteiger partial charge in [0.2, 0.25) is 0 Å². The summed E-state index contributed by atoms with van der Waals surface area (Å²) in [5, 5.41) is 0. The van der Waals surface area contributed by atoms with Gasteiger partial charge in [-0.3, -0.25) is 4.90 Å². The van der Waals surface area contributed by atoms with Crippen LogP contribution in [-0.4, -0.2) is 18.0 Å². The first kappa shape index (κ1) is 14.8. The van der Waals surface area contributed by atoms with Crippen LogP contribution in [0.3, 0.4) is 0 Å². The van der Waals surface area contributed by atoms with E-state index in [1.807, 2.05) is 0 Å². The van der Waals surface area contributed by atoms with Gasteiger partial charge >= 0.3 is 0 Å². The van der Waals surface area contributed by atoms with Crippen molar-refractivity contribution in [2.24, 2.45) is 5.73 Å². The fourth-order valence-corrected chi connectivity index (χ4v) is 3.79. The number of hydrogen-bond acceptors (Lipinski definition) is 2. The Morgan fingerprint density at radius 1 is 1.14 bits per heavy atom. The highest BCUT2D eigenvalue weighted by molar-refractivity contribution is 9.10. The molecule has 2 unspecified atom stereocenters. The molecule has 0 bridgehead atoms. The van der Waals surface area contributed by atoms with E-state index < -0.39 is 0 Å². The molecule has 2 aromatic rings. The molecule has 21 heavy (non-hydrogen) atoms. The number of nitrogens with two attached hydrogens (primary N) is 1. The van der Waals surface area contributed by atoms with Gasteiger partial charge in [-0.1, -0.05) is 58.4 Å². The lowest BCUT2D eigenvalue weighted by atomic mass is 10.0. The van der Waals surface area contributed by atoms with Crippen molar-refractivity contribution in [1.82, 2.24) is 4.90 Å². The van der Waals surface area contributed by atoms with Gasteiger partial charge in [0.25, 0.3) is 0 Å². The van der Waals surface area contributed by atoms with E-state index in [2.05, 4.69) is 75.4 Å². The van der Waals surface area contributed by atoms with Gasteiger partial charge in [0, 0.05) is 23.1 Å². The fraction of sp³-hybridized carbons (Fsp3) is 0.333. The fourth-order valence-electron chi connectivity index (χ4n) is 3.37. The Labute approximate surface area is 135 Å². The van der Waals surface area contributed by atoms with Gasteiger partial charge in [-0.05, 0) is 42.6 Å². The highest BCUT2D eigenvalue weighted by atomic mass is 79.9. The Morgan fingerprint density at radius 2 is 1.95 bits per heavy atom. The van der Waals surface area contributed by atoms with Gasteiger partial charge in [-0.2, -0.15) is 0 Å². The zero-order valence-electron chi connectivity index (χ0n) is 12.1. The highest BCUT2D eigenvalue weighted by Crippen LogP contribution is 2.38. The Balaban J connectivity index is 1.89. The Hall–Kier alpha value is -1.16. The quantitative estimate of drug-likeness (QED) is 0.896. The number of halogens is 1. The SMILES string of the molecule is NCC(c1cccc(Br)c1)N1CCCC1c1ccccc1. The van der Waals surface area contributed by atoms with Crippen LogP contribution in [0.5, 0.6) is 0 Å². The molecule has 0 aliphatic carbocycles. The number of benzene rings is 2. The minimum atomic E-state index is 0.287. The Kier molecular flexibility index (Phi) is 4.73. The van der Waals surface area contributed by atoms with E-state index >= 15 is 0 Å². The van der Waals surface area contributed by atoms with Crippen LogP contribution >= 0.6 is 15.9 Å². The zero-order chi connectivity index (χ0) is 14.7. The molecule has 2 atom stereocenters. The predicted octanol–water partition coefficient (Wildman–Crippen LogP) is 4.29. The molecule has 1 saturated heterocycles. The summed E-state index contributed by atoms with van der Waals surface area (Å²) >= 11 is 3.57. The van der Waals surface area contributed by atoms with Crippen molar-refractivity contribution in [3.05, 3.63) is 70.2 Å². The molecular weight excluding hydrogens is 324 g/mol. The molecule has 1 fully saturated rings. The second kappa shape index (κ2) is 6.73. The lowest BCUT2D eigenvalue weighted by molar-refractivity contribution is 0.185. The molecule has 3 heteroatoms. The lowest BCUT2D eigenvalue weighted by Gasteiger charge is -2.33. The summed E-state index contributed by atoms with van der Waals surface area (Å²) in [7, 11) is 0. The molecule has 0 aromatic heterocycles. The van der Waals surface area contributed by atoms with Crippen LogP contribution in [0.15, 0.2) is 59.1 Å². The van der Waals surface area contributed by atoms with Gasteiger partial charge in [0.05, 0.1) is 0 Å². The maximum Gasteiger partial charge on any atom is 0.0477 e. The van der Waals surface area contributed by atoms with E-state index in [1.165, 1.54) is 24.0 Å². The van der Waals surface area contributed by atoms with Gasteiger partial charge in [0.1, 0.15) is 0 Å². The largest absolute Gasteiger partial charge is 0.329 e. The summed E-state index contributed by atoms with van der Waals surface area (Å²) in [6, 6.07) is 20.1. The van der Waals surface area contributed by atoms with Crippen molar-refractivity contribution in [2.75, 3.05) is 13.1 Å². The Morgan fingerprint density at radius 3 is 2.67 bits per heavy atom. The first-order valence-electron chi connectivity index (χ1n) is 7.56. The maximum absolute atomic E-state index is 6.12. The first-order valence-corrected chi connectivity index (χ1v) is 8.35. The molecule has 0 saturated carbocycles. The third kappa shape index (κ3) is 3.20. The number of rotatable bonds is 4. The van der Waals surface area contributed by atoms with E-state index in [0.29, 0.717) is 12.6 Å². The summed E-state index contributed by atoms with van der Waals surface area (Å²) in [6.45, 7) is 1.77. The van der Waals surface area contributed by atoms with Crippen molar-refractivity contribution in [3.8, 4) is 0 Å². The van der Waals surface area contributed by atoms with Crippen molar-refractivity contribution in [1.29, 1.82) is 0 Å². The smallest absolute Gasteiger partial charge is 0.0477 e. The molecule has 1 heterocycles. The third-order valence-corrected chi connectivity index (χ3v) is 4.83.